The van der Waals surface area contributed by atoms with E-state index in [9.17, 15) is 4.79 Å². The van der Waals surface area contributed by atoms with E-state index >= 15 is 0 Å². The van der Waals surface area contributed by atoms with E-state index in [1.165, 1.54) is 6.20 Å². The summed E-state index contributed by atoms with van der Waals surface area (Å²) >= 11 is 0. The molecule has 0 aliphatic carbocycles. The van der Waals surface area contributed by atoms with Crippen molar-refractivity contribution >= 4 is 11.8 Å². The van der Waals surface area contributed by atoms with Crippen LogP contribution in [-0.2, 0) is 4.79 Å². The Labute approximate surface area is 93.7 Å². The molecule has 16 heavy (non-hydrogen) atoms. The van der Waals surface area contributed by atoms with E-state index in [-0.39, 0.29) is 6.04 Å². The molecule has 1 aromatic rings. The Kier molecular flexibility index (Phi) is 3.84. The highest BCUT2D eigenvalue weighted by Gasteiger charge is 2.19. The number of carboxylic acids is 1. The maximum Gasteiger partial charge on any atom is 0.308 e. The van der Waals surface area contributed by atoms with Crippen LogP contribution in [0, 0.1) is 17.2 Å². The zero-order chi connectivity index (χ0) is 12.1. The van der Waals surface area contributed by atoms with Crippen LogP contribution in [0.3, 0.4) is 0 Å². The topological polar surface area (TPSA) is 86.0 Å². The van der Waals surface area contributed by atoms with Crippen molar-refractivity contribution in [3.8, 4) is 6.07 Å². The van der Waals surface area contributed by atoms with E-state index < -0.39 is 11.9 Å². The van der Waals surface area contributed by atoms with Crippen molar-refractivity contribution in [3.05, 3.63) is 23.9 Å². The quantitative estimate of drug-likeness (QED) is 0.800. The molecule has 2 atom stereocenters. The molecule has 0 saturated heterocycles. The molecule has 1 heterocycles. The maximum absolute atomic E-state index is 10.7. The van der Waals surface area contributed by atoms with E-state index in [0.29, 0.717) is 11.4 Å². The summed E-state index contributed by atoms with van der Waals surface area (Å²) in [5.74, 6) is -0.786. The van der Waals surface area contributed by atoms with Gasteiger partial charge in [0.1, 0.15) is 11.9 Å². The predicted molar refractivity (Wildman–Crippen MR) is 58.8 cm³/mol. The Hall–Kier alpha value is -2.09. The van der Waals surface area contributed by atoms with Gasteiger partial charge in [-0.05, 0) is 26.0 Å². The van der Waals surface area contributed by atoms with Crippen LogP contribution in [0.1, 0.15) is 19.4 Å². The van der Waals surface area contributed by atoms with Gasteiger partial charge < -0.3 is 10.4 Å². The Bertz CT molecular complexity index is 408. The van der Waals surface area contributed by atoms with Gasteiger partial charge in [0.15, 0.2) is 0 Å². The maximum atomic E-state index is 10.7. The number of rotatable bonds is 4. The first-order valence-corrected chi connectivity index (χ1v) is 4.90. The van der Waals surface area contributed by atoms with Gasteiger partial charge in [0.2, 0.25) is 0 Å². The van der Waals surface area contributed by atoms with Gasteiger partial charge in [-0.1, -0.05) is 0 Å². The van der Waals surface area contributed by atoms with Crippen LogP contribution < -0.4 is 5.32 Å². The van der Waals surface area contributed by atoms with Gasteiger partial charge >= 0.3 is 5.97 Å². The molecular formula is C11H13N3O2. The Morgan fingerprint density at radius 2 is 2.25 bits per heavy atom. The minimum Gasteiger partial charge on any atom is -0.481 e. The summed E-state index contributed by atoms with van der Waals surface area (Å²) in [5, 5.41) is 20.4. The van der Waals surface area contributed by atoms with Crippen molar-refractivity contribution in [2.75, 3.05) is 5.32 Å². The number of nitriles is 1. The number of hydrogen-bond donors (Lipinski definition) is 2. The Balaban J connectivity index is 2.66. The zero-order valence-corrected chi connectivity index (χ0v) is 9.14. The second-order valence-corrected chi connectivity index (χ2v) is 3.60. The van der Waals surface area contributed by atoms with Crippen LogP contribution in [0.15, 0.2) is 18.3 Å². The number of pyridine rings is 1. The molecule has 2 N–H and O–H groups in total. The summed E-state index contributed by atoms with van der Waals surface area (Å²) in [6.45, 7) is 3.41. The zero-order valence-electron chi connectivity index (χ0n) is 9.14. The predicted octanol–water partition coefficient (Wildman–Crippen LogP) is 1.47. The van der Waals surface area contributed by atoms with E-state index in [0.717, 1.165) is 0 Å². The summed E-state index contributed by atoms with van der Waals surface area (Å²) in [6, 6.07) is 5.03. The van der Waals surface area contributed by atoms with Crippen LogP contribution in [0.25, 0.3) is 0 Å². The van der Waals surface area contributed by atoms with Gasteiger partial charge in [-0.15, -0.1) is 0 Å². The lowest BCUT2D eigenvalue weighted by atomic mass is 10.0. The SMILES string of the molecule is CC(Nc1ccc(C#N)cn1)C(C)C(=O)O. The molecule has 0 amide bonds. The van der Waals surface area contributed by atoms with Gasteiger partial charge in [-0.3, -0.25) is 4.79 Å². The molecule has 0 aromatic carbocycles. The number of anilines is 1. The molecule has 1 aromatic heterocycles. The smallest absolute Gasteiger partial charge is 0.308 e. The summed E-state index contributed by atoms with van der Waals surface area (Å²) in [7, 11) is 0. The largest absolute Gasteiger partial charge is 0.481 e. The molecule has 0 aliphatic rings. The highest BCUT2D eigenvalue weighted by molar-refractivity contribution is 5.71. The molecular weight excluding hydrogens is 206 g/mol. The molecule has 0 bridgehead atoms. The highest BCUT2D eigenvalue weighted by atomic mass is 16.4. The molecule has 0 spiro atoms. The number of aromatic nitrogens is 1. The minimum absolute atomic E-state index is 0.224. The number of aliphatic carboxylic acids is 1. The fourth-order valence-corrected chi connectivity index (χ4v) is 1.12. The number of carbonyl (C=O) groups is 1. The monoisotopic (exact) mass is 219 g/mol. The average molecular weight is 219 g/mol. The van der Waals surface area contributed by atoms with Crippen LogP contribution in [0.4, 0.5) is 5.82 Å². The number of hydrogen-bond acceptors (Lipinski definition) is 4. The first-order chi connectivity index (χ1) is 7.54. The second-order valence-electron chi connectivity index (χ2n) is 3.60. The van der Waals surface area contributed by atoms with Crippen molar-refractivity contribution in [1.29, 1.82) is 5.26 Å². The van der Waals surface area contributed by atoms with Crippen LogP contribution >= 0.6 is 0 Å². The average Bonchev–Trinajstić information content (AvgIpc) is 2.28. The van der Waals surface area contributed by atoms with E-state index in [1.807, 2.05) is 6.07 Å². The third kappa shape index (κ3) is 2.95. The minimum atomic E-state index is -0.853. The fourth-order valence-electron chi connectivity index (χ4n) is 1.12. The second kappa shape index (κ2) is 5.12. The third-order valence-corrected chi connectivity index (χ3v) is 2.41. The summed E-state index contributed by atoms with van der Waals surface area (Å²) < 4.78 is 0. The summed E-state index contributed by atoms with van der Waals surface area (Å²) in [6.07, 6.45) is 1.44. The van der Waals surface area contributed by atoms with E-state index in [4.69, 9.17) is 10.4 Å². The number of carboxylic acid groups (broad SMARTS) is 1. The van der Waals surface area contributed by atoms with Crippen molar-refractivity contribution in [2.45, 2.75) is 19.9 Å². The lowest BCUT2D eigenvalue weighted by molar-refractivity contribution is -0.141. The van der Waals surface area contributed by atoms with Crippen molar-refractivity contribution in [2.24, 2.45) is 5.92 Å². The first-order valence-electron chi connectivity index (χ1n) is 4.90. The van der Waals surface area contributed by atoms with Crippen molar-refractivity contribution < 1.29 is 9.90 Å². The van der Waals surface area contributed by atoms with E-state index in [2.05, 4.69) is 10.3 Å². The molecule has 1 rings (SSSR count). The van der Waals surface area contributed by atoms with Crippen LogP contribution in [-0.4, -0.2) is 22.1 Å². The van der Waals surface area contributed by atoms with Crippen molar-refractivity contribution in [1.82, 2.24) is 4.98 Å². The van der Waals surface area contributed by atoms with Gasteiger partial charge in [-0.25, -0.2) is 4.98 Å². The number of nitrogens with zero attached hydrogens (tertiary/aromatic N) is 2. The van der Waals surface area contributed by atoms with Gasteiger partial charge in [0, 0.05) is 12.2 Å². The summed E-state index contributed by atoms with van der Waals surface area (Å²) in [5.41, 5.74) is 0.476. The molecule has 2 unspecified atom stereocenters. The Morgan fingerprint density at radius 1 is 1.56 bits per heavy atom. The molecule has 0 radical (unpaired) electrons. The third-order valence-electron chi connectivity index (χ3n) is 2.41. The van der Waals surface area contributed by atoms with E-state index in [1.54, 1.807) is 26.0 Å². The van der Waals surface area contributed by atoms with Gasteiger partial charge in [0.05, 0.1) is 11.5 Å². The number of nitrogens with one attached hydrogen (secondary N) is 1. The Morgan fingerprint density at radius 3 is 2.69 bits per heavy atom. The summed E-state index contributed by atoms with van der Waals surface area (Å²) in [4.78, 5) is 14.7. The first kappa shape index (κ1) is 12.0. The van der Waals surface area contributed by atoms with Crippen LogP contribution in [0.2, 0.25) is 0 Å². The normalized spacial score (nSPS) is 13.6. The standard InChI is InChI=1S/C11H13N3O2/c1-7(11(15)16)8(2)14-10-4-3-9(5-12)6-13-10/h3-4,6-8H,1-2H3,(H,13,14)(H,15,16). The highest BCUT2D eigenvalue weighted by Crippen LogP contribution is 2.11. The van der Waals surface area contributed by atoms with Gasteiger partial charge in [-0.2, -0.15) is 5.26 Å². The molecule has 0 fully saturated rings. The molecule has 84 valence electrons. The fraction of sp³-hybridized carbons (Fsp3) is 0.364. The van der Waals surface area contributed by atoms with Gasteiger partial charge in [0.25, 0.3) is 0 Å². The molecule has 0 saturated carbocycles. The van der Waals surface area contributed by atoms with Crippen LogP contribution in [0.5, 0.6) is 0 Å². The molecule has 0 aliphatic heterocycles. The molecule has 5 heteroatoms. The lowest BCUT2D eigenvalue weighted by Crippen LogP contribution is -2.29. The lowest BCUT2D eigenvalue weighted by Gasteiger charge is -2.18. The van der Waals surface area contributed by atoms with Crippen molar-refractivity contribution in [3.63, 3.8) is 0 Å². The molecule has 5 nitrogen and oxygen atoms in total.